The van der Waals surface area contributed by atoms with Gasteiger partial charge in [-0.05, 0) is 0 Å². The Morgan fingerprint density at radius 1 is 1.38 bits per heavy atom. The van der Waals surface area contributed by atoms with Crippen molar-refractivity contribution in [3.8, 4) is 0 Å². The van der Waals surface area contributed by atoms with Crippen molar-refractivity contribution >= 4 is 0 Å². The Morgan fingerprint density at radius 2 is 2.00 bits per heavy atom. The van der Waals surface area contributed by atoms with Crippen LogP contribution in [-0.4, -0.2) is 16.2 Å². The van der Waals surface area contributed by atoms with E-state index in [2.05, 4.69) is 5.10 Å². The molecule has 0 aromatic carbocycles. The third-order valence-corrected chi connectivity index (χ3v) is 1.29. The van der Waals surface area contributed by atoms with E-state index in [1.165, 1.54) is 0 Å². The highest BCUT2D eigenvalue weighted by Gasteiger charge is 2.32. The topological polar surface area (TPSA) is 17.8 Å². The molecule has 0 bridgehead atoms. The Labute approximate surface area is 70.0 Å². The van der Waals surface area contributed by atoms with Crippen LogP contribution in [0.5, 0.6) is 0 Å². The van der Waals surface area contributed by atoms with Gasteiger partial charge in [-0.3, -0.25) is 4.68 Å². The third kappa shape index (κ3) is 2.67. The molecule has 0 radical (unpaired) electrons. The Bertz CT molecular complexity index is 277. The van der Waals surface area contributed by atoms with E-state index < -0.39 is 24.7 Å². The molecule has 74 valence electrons. The quantitative estimate of drug-likeness (QED) is 0.669. The average molecular weight is 200 g/mol. The first kappa shape index (κ1) is 9.94. The molecule has 0 aliphatic rings. The molecule has 0 unspecified atom stereocenters. The maximum absolute atomic E-state index is 11.9. The van der Waals surface area contributed by atoms with Crippen molar-refractivity contribution in [1.29, 1.82) is 0 Å². The van der Waals surface area contributed by atoms with Gasteiger partial charge in [-0.1, -0.05) is 0 Å². The van der Waals surface area contributed by atoms with Crippen LogP contribution in [0.25, 0.3) is 0 Å². The number of hydrogen-bond donors (Lipinski definition) is 0. The average Bonchev–Trinajstić information content (AvgIpc) is 2.32. The molecule has 0 aliphatic heterocycles. The molecule has 0 saturated carbocycles. The van der Waals surface area contributed by atoms with Crippen LogP contribution in [-0.2, 0) is 12.7 Å². The van der Waals surface area contributed by atoms with E-state index in [0.717, 1.165) is 0 Å². The second-order valence-corrected chi connectivity index (χ2v) is 2.34. The van der Waals surface area contributed by atoms with Crippen molar-refractivity contribution in [3.63, 3.8) is 0 Å². The standard InChI is InChI=1S/C6H5F5N2/c7-5(8)3-13-2-4(1-12-13)6(9,10)11/h1-2,5H,3H2. The summed E-state index contributed by atoms with van der Waals surface area (Å²) >= 11 is 0. The summed E-state index contributed by atoms with van der Waals surface area (Å²) in [7, 11) is 0. The van der Waals surface area contributed by atoms with Gasteiger partial charge < -0.3 is 0 Å². The van der Waals surface area contributed by atoms with Crippen molar-refractivity contribution in [2.45, 2.75) is 19.1 Å². The van der Waals surface area contributed by atoms with Crippen molar-refractivity contribution in [2.75, 3.05) is 0 Å². The minimum atomic E-state index is -4.53. The predicted molar refractivity (Wildman–Crippen MR) is 33.2 cm³/mol. The summed E-state index contributed by atoms with van der Waals surface area (Å²) in [6.45, 7) is -0.823. The van der Waals surface area contributed by atoms with Gasteiger partial charge in [0.1, 0.15) is 6.54 Å². The molecule has 0 saturated heterocycles. The zero-order valence-electron chi connectivity index (χ0n) is 6.22. The molecular weight excluding hydrogens is 195 g/mol. The van der Waals surface area contributed by atoms with E-state index in [1.807, 2.05) is 0 Å². The fourth-order valence-electron chi connectivity index (χ4n) is 0.751. The number of aromatic nitrogens is 2. The molecule has 0 N–H and O–H groups in total. The Balaban J connectivity index is 2.75. The Morgan fingerprint density at radius 3 is 2.38 bits per heavy atom. The molecular formula is C6H5F5N2. The number of rotatable bonds is 2. The maximum Gasteiger partial charge on any atom is 0.419 e. The van der Waals surface area contributed by atoms with E-state index in [0.29, 0.717) is 17.1 Å². The number of hydrogen-bond acceptors (Lipinski definition) is 1. The van der Waals surface area contributed by atoms with Crippen LogP contribution in [0.1, 0.15) is 5.56 Å². The molecule has 1 heterocycles. The van der Waals surface area contributed by atoms with Gasteiger partial charge >= 0.3 is 6.18 Å². The lowest BCUT2D eigenvalue weighted by Gasteiger charge is -2.01. The molecule has 1 rings (SSSR count). The van der Waals surface area contributed by atoms with Gasteiger partial charge in [0.25, 0.3) is 6.43 Å². The van der Waals surface area contributed by atoms with Gasteiger partial charge in [0.05, 0.1) is 11.8 Å². The summed E-state index contributed by atoms with van der Waals surface area (Å²) < 4.78 is 59.6. The SMILES string of the molecule is FC(F)Cn1cc(C(F)(F)F)cn1. The van der Waals surface area contributed by atoms with E-state index >= 15 is 0 Å². The predicted octanol–water partition coefficient (Wildman–Crippen LogP) is 2.17. The highest BCUT2D eigenvalue weighted by Crippen LogP contribution is 2.28. The minimum Gasteiger partial charge on any atom is -0.266 e. The molecule has 1 aromatic rings. The zero-order valence-corrected chi connectivity index (χ0v) is 6.22. The van der Waals surface area contributed by atoms with Crippen LogP contribution < -0.4 is 0 Å². The highest BCUT2D eigenvalue weighted by molar-refractivity contribution is 5.08. The normalized spacial score (nSPS) is 12.5. The second kappa shape index (κ2) is 3.31. The van der Waals surface area contributed by atoms with Crippen molar-refractivity contribution in [1.82, 2.24) is 9.78 Å². The summed E-state index contributed by atoms with van der Waals surface area (Å²) in [5.74, 6) is 0. The molecule has 0 spiro atoms. The molecule has 1 aromatic heterocycles. The summed E-state index contributed by atoms with van der Waals surface area (Å²) in [5.41, 5.74) is -1.02. The van der Waals surface area contributed by atoms with Gasteiger partial charge in [-0.2, -0.15) is 18.3 Å². The lowest BCUT2D eigenvalue weighted by atomic mass is 10.4. The van der Waals surface area contributed by atoms with Crippen LogP contribution >= 0.6 is 0 Å². The maximum atomic E-state index is 11.9. The van der Waals surface area contributed by atoms with Gasteiger partial charge in [0.2, 0.25) is 0 Å². The summed E-state index contributed by atoms with van der Waals surface area (Å²) in [5, 5.41) is 3.14. The highest BCUT2D eigenvalue weighted by atomic mass is 19.4. The molecule has 13 heavy (non-hydrogen) atoms. The smallest absolute Gasteiger partial charge is 0.266 e. The fourth-order valence-corrected chi connectivity index (χ4v) is 0.751. The summed E-state index contributed by atoms with van der Waals surface area (Å²) in [4.78, 5) is 0. The van der Waals surface area contributed by atoms with Crippen LogP contribution in [0.2, 0.25) is 0 Å². The van der Waals surface area contributed by atoms with Crippen LogP contribution in [0.15, 0.2) is 12.4 Å². The fraction of sp³-hybridized carbons (Fsp3) is 0.500. The molecule has 0 fully saturated rings. The monoisotopic (exact) mass is 200 g/mol. The first-order valence-corrected chi connectivity index (χ1v) is 3.27. The van der Waals surface area contributed by atoms with Gasteiger partial charge in [0.15, 0.2) is 0 Å². The first-order valence-electron chi connectivity index (χ1n) is 3.27. The largest absolute Gasteiger partial charge is 0.419 e. The van der Waals surface area contributed by atoms with Gasteiger partial charge in [-0.25, -0.2) is 8.78 Å². The Hall–Kier alpha value is -1.14. The van der Waals surface area contributed by atoms with E-state index in [-0.39, 0.29) is 0 Å². The molecule has 2 nitrogen and oxygen atoms in total. The van der Waals surface area contributed by atoms with Gasteiger partial charge in [0, 0.05) is 6.20 Å². The van der Waals surface area contributed by atoms with Crippen LogP contribution in [0, 0.1) is 0 Å². The van der Waals surface area contributed by atoms with Crippen molar-refractivity contribution in [2.24, 2.45) is 0 Å². The third-order valence-electron chi connectivity index (χ3n) is 1.29. The van der Waals surface area contributed by atoms with E-state index in [4.69, 9.17) is 0 Å². The number of nitrogens with zero attached hydrogens (tertiary/aromatic N) is 2. The lowest BCUT2D eigenvalue weighted by Crippen LogP contribution is -2.07. The number of halogens is 5. The van der Waals surface area contributed by atoms with Crippen LogP contribution in [0.3, 0.4) is 0 Å². The molecule has 7 heteroatoms. The zero-order chi connectivity index (χ0) is 10.1. The van der Waals surface area contributed by atoms with Crippen molar-refractivity contribution in [3.05, 3.63) is 18.0 Å². The first-order chi connectivity index (χ1) is 5.89. The number of alkyl halides is 5. The van der Waals surface area contributed by atoms with Crippen molar-refractivity contribution < 1.29 is 22.0 Å². The van der Waals surface area contributed by atoms with Gasteiger partial charge in [-0.15, -0.1) is 0 Å². The minimum absolute atomic E-state index is 0.516. The van der Waals surface area contributed by atoms with E-state index in [9.17, 15) is 22.0 Å². The van der Waals surface area contributed by atoms with E-state index in [1.54, 1.807) is 0 Å². The lowest BCUT2D eigenvalue weighted by molar-refractivity contribution is -0.137. The molecule has 0 atom stereocenters. The second-order valence-electron chi connectivity index (χ2n) is 2.34. The summed E-state index contributed by atoms with van der Waals surface area (Å²) in [6.07, 6.45) is -6.17. The summed E-state index contributed by atoms with van der Waals surface area (Å²) in [6, 6.07) is 0. The molecule has 0 aliphatic carbocycles. The Kier molecular flexibility index (Phi) is 2.53. The van der Waals surface area contributed by atoms with Crippen LogP contribution in [0.4, 0.5) is 22.0 Å². The molecule has 0 amide bonds.